The number of carbonyl (C=O) groups excluding carboxylic acids is 2. The summed E-state index contributed by atoms with van der Waals surface area (Å²) in [5, 5.41) is 2.92. The number of halogens is 2. The molecule has 7 heteroatoms. The van der Waals surface area contributed by atoms with Crippen LogP contribution in [-0.4, -0.2) is 22.3 Å². The Balaban J connectivity index is 2.85. The maximum atomic E-state index is 11.9. The van der Waals surface area contributed by atoms with Crippen molar-refractivity contribution in [2.75, 3.05) is 0 Å². The molecule has 0 aliphatic heterocycles. The third-order valence-corrected chi connectivity index (χ3v) is 2.48. The molecule has 0 spiro atoms. The standard InChI is InChI=1S/C11H13Cl2N3O2/c1-11(2,5-9(14)17)16-10(18)6-3-7(12)15-8(13)4-6/h3-4H,5H2,1-2H3,(H2,14,17)(H,16,18). The number of nitrogens with one attached hydrogen (secondary N) is 1. The molecule has 0 aliphatic rings. The average Bonchev–Trinajstić information content (AvgIpc) is 2.12. The number of aromatic nitrogens is 1. The second-order valence-electron chi connectivity index (χ2n) is 4.48. The number of rotatable bonds is 4. The number of hydrogen-bond donors (Lipinski definition) is 2. The molecule has 1 aromatic rings. The predicted molar refractivity (Wildman–Crippen MR) is 69.6 cm³/mol. The molecular weight excluding hydrogens is 277 g/mol. The van der Waals surface area contributed by atoms with Gasteiger partial charge in [-0.15, -0.1) is 0 Å². The van der Waals surface area contributed by atoms with Gasteiger partial charge in [0.1, 0.15) is 10.3 Å². The second kappa shape index (κ2) is 5.54. The molecule has 0 atom stereocenters. The number of primary amides is 1. The van der Waals surface area contributed by atoms with Gasteiger partial charge in [-0.3, -0.25) is 9.59 Å². The van der Waals surface area contributed by atoms with Crippen LogP contribution in [0.1, 0.15) is 30.6 Å². The van der Waals surface area contributed by atoms with Crippen molar-refractivity contribution < 1.29 is 9.59 Å². The zero-order valence-electron chi connectivity index (χ0n) is 9.96. The van der Waals surface area contributed by atoms with Crippen molar-refractivity contribution in [1.29, 1.82) is 0 Å². The summed E-state index contributed by atoms with van der Waals surface area (Å²) in [5.41, 5.74) is 4.63. The molecule has 0 radical (unpaired) electrons. The first kappa shape index (κ1) is 14.7. The highest BCUT2D eigenvalue weighted by molar-refractivity contribution is 6.33. The lowest BCUT2D eigenvalue weighted by Crippen LogP contribution is -2.46. The smallest absolute Gasteiger partial charge is 0.251 e. The Kier molecular flexibility index (Phi) is 4.53. The van der Waals surface area contributed by atoms with Gasteiger partial charge in [-0.05, 0) is 26.0 Å². The van der Waals surface area contributed by atoms with Gasteiger partial charge in [0.15, 0.2) is 0 Å². The van der Waals surface area contributed by atoms with E-state index in [-0.39, 0.29) is 22.3 Å². The highest BCUT2D eigenvalue weighted by Gasteiger charge is 2.23. The zero-order chi connectivity index (χ0) is 13.9. The van der Waals surface area contributed by atoms with E-state index < -0.39 is 17.4 Å². The van der Waals surface area contributed by atoms with Crippen LogP contribution >= 0.6 is 23.2 Å². The molecule has 1 aromatic heterocycles. The van der Waals surface area contributed by atoms with Crippen LogP contribution in [0, 0.1) is 0 Å². The Morgan fingerprint density at radius 1 is 1.33 bits per heavy atom. The van der Waals surface area contributed by atoms with E-state index in [1.165, 1.54) is 12.1 Å². The van der Waals surface area contributed by atoms with Gasteiger partial charge in [0.2, 0.25) is 5.91 Å². The molecule has 0 bridgehead atoms. The molecule has 0 unspecified atom stereocenters. The van der Waals surface area contributed by atoms with Crippen LogP contribution in [0.4, 0.5) is 0 Å². The van der Waals surface area contributed by atoms with Gasteiger partial charge in [0.25, 0.3) is 5.91 Å². The lowest BCUT2D eigenvalue weighted by atomic mass is 10.00. The number of hydrogen-bond acceptors (Lipinski definition) is 3. The van der Waals surface area contributed by atoms with Crippen molar-refractivity contribution >= 4 is 35.0 Å². The van der Waals surface area contributed by atoms with E-state index in [0.29, 0.717) is 0 Å². The summed E-state index contributed by atoms with van der Waals surface area (Å²) in [5.74, 6) is -0.890. The van der Waals surface area contributed by atoms with Crippen LogP contribution in [0.25, 0.3) is 0 Å². The topological polar surface area (TPSA) is 85.1 Å². The van der Waals surface area contributed by atoms with Gasteiger partial charge in [0, 0.05) is 17.5 Å². The SMILES string of the molecule is CC(C)(CC(N)=O)NC(=O)c1cc(Cl)nc(Cl)c1. The fourth-order valence-electron chi connectivity index (χ4n) is 1.46. The highest BCUT2D eigenvalue weighted by atomic mass is 35.5. The van der Waals surface area contributed by atoms with Gasteiger partial charge in [0.05, 0.1) is 0 Å². The van der Waals surface area contributed by atoms with Crippen molar-refractivity contribution in [2.45, 2.75) is 25.8 Å². The fraction of sp³-hybridized carbons (Fsp3) is 0.364. The molecule has 1 rings (SSSR count). The van der Waals surface area contributed by atoms with Crippen LogP contribution in [0.2, 0.25) is 10.3 Å². The van der Waals surface area contributed by atoms with Gasteiger partial charge in [-0.2, -0.15) is 0 Å². The Hall–Kier alpha value is -1.33. The Morgan fingerprint density at radius 3 is 2.28 bits per heavy atom. The largest absolute Gasteiger partial charge is 0.370 e. The van der Waals surface area contributed by atoms with E-state index in [9.17, 15) is 9.59 Å². The highest BCUT2D eigenvalue weighted by Crippen LogP contribution is 2.16. The van der Waals surface area contributed by atoms with Crippen molar-refractivity contribution in [2.24, 2.45) is 5.73 Å². The van der Waals surface area contributed by atoms with Gasteiger partial charge < -0.3 is 11.1 Å². The number of carbonyl (C=O) groups is 2. The Morgan fingerprint density at radius 2 is 1.83 bits per heavy atom. The molecule has 18 heavy (non-hydrogen) atoms. The Labute approximate surface area is 115 Å². The first-order valence-corrected chi connectivity index (χ1v) is 5.89. The van der Waals surface area contributed by atoms with Crippen LogP contribution in [0.3, 0.4) is 0 Å². The molecule has 98 valence electrons. The number of amides is 2. The summed E-state index contributed by atoms with van der Waals surface area (Å²) in [4.78, 5) is 26.5. The minimum atomic E-state index is -0.745. The maximum absolute atomic E-state index is 11.9. The minimum Gasteiger partial charge on any atom is -0.370 e. The van der Waals surface area contributed by atoms with Crippen LogP contribution in [0.15, 0.2) is 12.1 Å². The number of nitrogens with zero attached hydrogens (tertiary/aromatic N) is 1. The monoisotopic (exact) mass is 289 g/mol. The van der Waals surface area contributed by atoms with E-state index in [0.717, 1.165) is 0 Å². The first-order chi connectivity index (χ1) is 8.19. The van der Waals surface area contributed by atoms with E-state index in [2.05, 4.69) is 10.3 Å². The van der Waals surface area contributed by atoms with Crippen molar-refractivity contribution in [3.05, 3.63) is 28.0 Å². The lowest BCUT2D eigenvalue weighted by molar-refractivity contribution is -0.119. The molecule has 2 amide bonds. The zero-order valence-corrected chi connectivity index (χ0v) is 11.5. The number of pyridine rings is 1. The molecule has 0 aromatic carbocycles. The quantitative estimate of drug-likeness (QED) is 0.829. The van der Waals surface area contributed by atoms with E-state index in [4.69, 9.17) is 28.9 Å². The maximum Gasteiger partial charge on any atom is 0.251 e. The minimum absolute atomic E-state index is 0.0330. The molecule has 0 fully saturated rings. The average molecular weight is 290 g/mol. The van der Waals surface area contributed by atoms with Gasteiger partial charge in [-0.25, -0.2) is 4.98 Å². The Bertz CT molecular complexity index is 469. The normalized spacial score (nSPS) is 11.1. The van der Waals surface area contributed by atoms with E-state index in [1.807, 2.05) is 0 Å². The van der Waals surface area contributed by atoms with Gasteiger partial charge in [-0.1, -0.05) is 23.2 Å². The van der Waals surface area contributed by atoms with Crippen molar-refractivity contribution in [1.82, 2.24) is 10.3 Å². The van der Waals surface area contributed by atoms with E-state index >= 15 is 0 Å². The van der Waals surface area contributed by atoms with Gasteiger partial charge >= 0.3 is 0 Å². The molecule has 0 saturated carbocycles. The second-order valence-corrected chi connectivity index (χ2v) is 5.26. The third-order valence-electron chi connectivity index (χ3n) is 2.09. The first-order valence-electron chi connectivity index (χ1n) is 5.13. The van der Waals surface area contributed by atoms with Crippen LogP contribution in [0.5, 0.6) is 0 Å². The fourth-order valence-corrected chi connectivity index (χ4v) is 1.92. The molecule has 5 nitrogen and oxygen atoms in total. The van der Waals surface area contributed by atoms with Crippen molar-refractivity contribution in [3.63, 3.8) is 0 Å². The summed E-state index contributed by atoms with van der Waals surface area (Å²) < 4.78 is 0. The summed E-state index contributed by atoms with van der Waals surface area (Å²) in [6.07, 6.45) is 0.0330. The summed E-state index contributed by atoms with van der Waals surface area (Å²) in [6, 6.07) is 2.78. The van der Waals surface area contributed by atoms with E-state index in [1.54, 1.807) is 13.8 Å². The molecule has 3 N–H and O–H groups in total. The summed E-state index contributed by atoms with van der Waals surface area (Å²) >= 11 is 11.4. The predicted octanol–water partition coefficient (Wildman–Crippen LogP) is 1.77. The molecule has 0 saturated heterocycles. The molecule has 0 aliphatic carbocycles. The summed E-state index contributed by atoms with van der Waals surface area (Å²) in [6.45, 7) is 3.39. The van der Waals surface area contributed by atoms with Crippen LogP contribution in [-0.2, 0) is 4.79 Å². The van der Waals surface area contributed by atoms with Crippen molar-refractivity contribution in [3.8, 4) is 0 Å². The number of nitrogens with two attached hydrogens (primary N) is 1. The molecular formula is C11H13Cl2N3O2. The van der Waals surface area contributed by atoms with Crippen LogP contribution < -0.4 is 11.1 Å². The molecule has 1 heterocycles. The lowest BCUT2D eigenvalue weighted by Gasteiger charge is -2.24. The third kappa shape index (κ3) is 4.50. The summed E-state index contributed by atoms with van der Waals surface area (Å²) in [7, 11) is 0.